The maximum absolute atomic E-state index is 11.0. The van der Waals surface area contributed by atoms with Gasteiger partial charge in [0.1, 0.15) is 6.61 Å². The predicted octanol–water partition coefficient (Wildman–Crippen LogP) is 3.98. The Bertz CT molecular complexity index is 205. The van der Waals surface area contributed by atoms with Gasteiger partial charge in [-0.25, -0.2) is 0 Å². The average molecular weight is 493 g/mol. The van der Waals surface area contributed by atoms with Crippen LogP contribution in [0.5, 0.6) is 0 Å². The van der Waals surface area contributed by atoms with E-state index in [1.807, 2.05) is 0 Å². The zero-order valence-electron chi connectivity index (χ0n) is 6.66. The Hall–Kier alpha value is 1.44. The Morgan fingerprint density at radius 1 is 1.46 bits per heavy atom. The molecule has 0 aromatic heterocycles. The first-order valence-corrected chi connectivity index (χ1v) is 6.97. The second-order valence-corrected chi connectivity index (χ2v) is 7.15. The van der Waals surface area contributed by atoms with Crippen LogP contribution in [0.15, 0.2) is 6.07 Å². The van der Waals surface area contributed by atoms with E-state index in [0.717, 1.165) is 6.07 Å². The van der Waals surface area contributed by atoms with Crippen molar-refractivity contribution in [1.82, 2.24) is 0 Å². The lowest BCUT2D eigenvalue weighted by Gasteiger charge is -2.03. The van der Waals surface area contributed by atoms with Gasteiger partial charge in [-0.1, -0.05) is 0 Å². The third-order valence-corrected chi connectivity index (χ3v) is 5.10. The molecule has 76 valence electrons. The number of carbonyl (C=O) groups excluding carboxylic acids is 1. The Labute approximate surface area is 118 Å². The lowest BCUT2D eigenvalue weighted by Crippen LogP contribution is -2.05. The van der Waals surface area contributed by atoms with Crippen LogP contribution in [0.2, 0.25) is 0 Å². The number of esters is 1. The van der Waals surface area contributed by atoms with Gasteiger partial charge in [0, 0.05) is 15.9 Å². The Morgan fingerprint density at radius 2 is 2.08 bits per heavy atom. The first kappa shape index (κ1) is 14.4. The van der Waals surface area contributed by atoms with Crippen molar-refractivity contribution in [3.63, 3.8) is 0 Å². The lowest BCUT2D eigenvalue weighted by molar-refractivity contribution is -0.142. The molecule has 0 aromatic carbocycles. The topological polar surface area (TPSA) is 26.3 Å². The third-order valence-electron chi connectivity index (χ3n) is 1.08. The standard InChI is InChI=1S/C7H8BrClI2O2/c8-7(11)5(10)4-13-6(12)2-1-3-9/h1-4H2. The van der Waals surface area contributed by atoms with E-state index < -0.39 is 0 Å². The van der Waals surface area contributed by atoms with Crippen LogP contribution >= 0.6 is 72.7 Å². The summed E-state index contributed by atoms with van der Waals surface area (Å²) in [4.78, 5) is 11.0. The average Bonchev–Trinajstić information content (AvgIpc) is 2.10. The number of rotatable bonds is 5. The van der Waals surface area contributed by atoms with Crippen molar-refractivity contribution in [3.05, 3.63) is 6.07 Å². The van der Waals surface area contributed by atoms with Crippen molar-refractivity contribution in [2.45, 2.75) is 12.8 Å². The van der Waals surface area contributed by atoms with Crippen LogP contribution < -0.4 is 0 Å². The summed E-state index contributed by atoms with van der Waals surface area (Å²) < 4.78 is 6.92. The Morgan fingerprint density at radius 3 is 2.54 bits per heavy atom. The summed E-state index contributed by atoms with van der Waals surface area (Å²) in [6.07, 6.45) is 1.07. The van der Waals surface area contributed by atoms with Gasteiger partial charge in [0.15, 0.2) is 0 Å². The molecule has 0 radical (unpaired) electrons. The van der Waals surface area contributed by atoms with Gasteiger partial charge in [0.2, 0.25) is 0 Å². The van der Waals surface area contributed by atoms with E-state index in [2.05, 4.69) is 61.1 Å². The van der Waals surface area contributed by atoms with Crippen molar-refractivity contribution >= 4 is 78.7 Å². The second-order valence-electron chi connectivity index (χ2n) is 2.12. The van der Waals surface area contributed by atoms with E-state index in [4.69, 9.17) is 16.3 Å². The summed E-state index contributed by atoms with van der Waals surface area (Å²) in [5.74, 6) is 0.304. The molecule has 0 rings (SSSR count). The summed E-state index contributed by atoms with van der Waals surface area (Å²) in [5, 5.41) is 0. The molecule has 13 heavy (non-hydrogen) atoms. The molecule has 0 bridgehead atoms. The summed E-state index contributed by atoms with van der Waals surface area (Å²) in [6, 6.07) is 0. The van der Waals surface area contributed by atoms with Crippen molar-refractivity contribution in [2.24, 2.45) is 0 Å². The molecule has 0 spiro atoms. The van der Waals surface area contributed by atoms with E-state index in [1.54, 1.807) is 0 Å². The van der Waals surface area contributed by atoms with Gasteiger partial charge in [-0.3, -0.25) is 4.79 Å². The fraction of sp³-hybridized carbons (Fsp3) is 0.571. The van der Waals surface area contributed by atoms with Crippen LogP contribution in [0, 0.1) is 0 Å². The van der Waals surface area contributed by atoms with Gasteiger partial charge in [0.25, 0.3) is 0 Å². The minimum absolute atomic E-state index is 0.194. The molecule has 0 fully saturated rings. The van der Waals surface area contributed by atoms with Crippen LogP contribution in [-0.2, 0) is 9.53 Å². The zero-order valence-corrected chi connectivity index (χ0v) is 13.3. The summed E-state index contributed by atoms with van der Waals surface area (Å²) in [7, 11) is 0. The number of ether oxygens (including phenoxy) is 1. The van der Waals surface area contributed by atoms with Crippen LogP contribution in [-0.4, -0.2) is 18.5 Å². The second kappa shape index (κ2) is 8.72. The number of halogens is 4. The fourth-order valence-electron chi connectivity index (χ4n) is 0.482. The molecule has 0 aliphatic heterocycles. The van der Waals surface area contributed by atoms with Crippen LogP contribution in [0.4, 0.5) is 0 Å². The third kappa shape index (κ3) is 8.44. The molecule has 0 aliphatic carbocycles. The van der Waals surface area contributed by atoms with E-state index in [9.17, 15) is 4.79 Å². The van der Waals surface area contributed by atoms with Crippen molar-refractivity contribution in [3.8, 4) is 0 Å². The predicted molar refractivity (Wildman–Crippen MR) is 74.9 cm³/mol. The molecule has 0 saturated carbocycles. The van der Waals surface area contributed by atoms with Crippen LogP contribution in [0.3, 0.4) is 0 Å². The molecular weight excluding hydrogens is 485 g/mol. The van der Waals surface area contributed by atoms with E-state index in [-0.39, 0.29) is 5.97 Å². The van der Waals surface area contributed by atoms with Gasteiger partial charge in [0.05, 0.1) is 2.49 Å². The SMILES string of the molecule is O=C(CCCCl)OCC(I)=C(Br)I. The quantitative estimate of drug-likeness (QED) is 0.329. The van der Waals surface area contributed by atoms with Crippen molar-refractivity contribution in [2.75, 3.05) is 12.5 Å². The molecule has 0 aliphatic rings. The summed E-state index contributed by atoms with van der Waals surface area (Å²) >= 11 is 13.0. The molecule has 2 nitrogen and oxygen atoms in total. The van der Waals surface area contributed by atoms with Gasteiger partial charge in [-0.15, -0.1) is 11.6 Å². The number of hydrogen-bond acceptors (Lipinski definition) is 2. The smallest absolute Gasteiger partial charge is 0.306 e. The maximum atomic E-state index is 11.0. The van der Waals surface area contributed by atoms with E-state index in [1.165, 1.54) is 0 Å². The van der Waals surface area contributed by atoms with Crippen molar-refractivity contribution < 1.29 is 9.53 Å². The highest BCUT2D eigenvalue weighted by Crippen LogP contribution is 2.24. The molecular formula is C7H8BrClI2O2. The number of carbonyl (C=O) groups is 1. The highest BCUT2D eigenvalue weighted by molar-refractivity contribution is 14.1. The molecule has 0 N–H and O–H groups in total. The number of hydrogen-bond donors (Lipinski definition) is 0. The highest BCUT2D eigenvalue weighted by atomic mass is 127. The molecule has 0 saturated heterocycles. The number of alkyl halides is 1. The van der Waals surface area contributed by atoms with Gasteiger partial charge >= 0.3 is 5.97 Å². The van der Waals surface area contributed by atoms with Gasteiger partial charge in [-0.05, 0) is 67.5 Å². The van der Waals surface area contributed by atoms with Gasteiger partial charge < -0.3 is 4.74 Å². The molecule has 6 heteroatoms. The largest absolute Gasteiger partial charge is 0.460 e. The van der Waals surface area contributed by atoms with Gasteiger partial charge in [-0.2, -0.15) is 0 Å². The molecule has 0 unspecified atom stereocenters. The van der Waals surface area contributed by atoms with Crippen molar-refractivity contribution in [1.29, 1.82) is 0 Å². The minimum atomic E-state index is -0.194. The normalized spacial score (nSPS) is 12.3. The first-order valence-electron chi connectivity index (χ1n) is 3.49. The Kier molecular flexibility index (Phi) is 9.69. The summed E-state index contributed by atoms with van der Waals surface area (Å²) in [5.41, 5.74) is 0. The van der Waals surface area contributed by atoms with Crippen LogP contribution in [0.1, 0.15) is 12.8 Å². The first-order chi connectivity index (χ1) is 6.07. The fourth-order valence-corrected chi connectivity index (χ4v) is 1.04. The Balaban J connectivity index is 3.65. The summed E-state index contributed by atoms with van der Waals surface area (Å²) in [6.45, 7) is 0.338. The van der Waals surface area contributed by atoms with Crippen LogP contribution in [0.25, 0.3) is 0 Å². The monoisotopic (exact) mass is 492 g/mol. The molecule has 0 atom stereocenters. The minimum Gasteiger partial charge on any atom is -0.460 e. The molecule has 0 heterocycles. The molecule has 0 amide bonds. The van der Waals surface area contributed by atoms with E-state index in [0.29, 0.717) is 25.3 Å². The highest BCUT2D eigenvalue weighted by Gasteiger charge is 2.04. The maximum Gasteiger partial charge on any atom is 0.306 e. The lowest BCUT2D eigenvalue weighted by atomic mass is 10.3. The molecule has 0 aromatic rings. The van der Waals surface area contributed by atoms with E-state index >= 15 is 0 Å². The zero-order chi connectivity index (χ0) is 10.3.